The van der Waals surface area contributed by atoms with Crippen LogP contribution >= 0.6 is 35.2 Å². The molecule has 0 fully saturated rings. The van der Waals surface area contributed by atoms with Crippen LogP contribution in [0.2, 0.25) is 5.02 Å². The molecule has 5 nitrogen and oxygen atoms in total. The zero-order valence-electron chi connectivity index (χ0n) is 14.9. The Bertz CT molecular complexity index is 949. The predicted octanol–water partition coefficient (Wildman–Crippen LogP) is 4.53. The maximum atomic E-state index is 12.5. The zero-order valence-corrected chi connectivity index (χ0v) is 17.3. The number of amides is 1. The minimum atomic E-state index is -0.430. The Labute approximate surface area is 172 Å². The predicted molar refractivity (Wildman–Crippen MR) is 112 cm³/mol. The van der Waals surface area contributed by atoms with Gasteiger partial charge in [-0.1, -0.05) is 18.5 Å². The number of hydrogen-bond donors (Lipinski definition) is 2. The Kier molecular flexibility index (Phi) is 6.00. The quantitative estimate of drug-likeness (QED) is 0.715. The minimum Gasteiger partial charge on any atom is -0.496 e. The van der Waals surface area contributed by atoms with E-state index in [2.05, 4.69) is 23.6 Å². The first-order valence-corrected chi connectivity index (χ1v) is 10.0. The molecule has 1 aromatic heterocycles. The van der Waals surface area contributed by atoms with Crippen LogP contribution in [0.25, 0.3) is 0 Å². The molecule has 1 aromatic carbocycles. The maximum Gasteiger partial charge on any atom is 0.261 e. The normalized spacial score (nSPS) is 15.4. The van der Waals surface area contributed by atoms with Crippen molar-refractivity contribution in [2.75, 3.05) is 12.4 Å². The highest BCUT2D eigenvalue weighted by atomic mass is 35.5. The fourth-order valence-electron chi connectivity index (χ4n) is 3.12. The summed E-state index contributed by atoms with van der Waals surface area (Å²) in [5.41, 5.74) is 2.02. The summed E-state index contributed by atoms with van der Waals surface area (Å²) in [7, 11) is 1.48. The van der Waals surface area contributed by atoms with Crippen LogP contribution in [0, 0.1) is 17.2 Å². The minimum absolute atomic E-state index is 0.130. The molecule has 27 heavy (non-hydrogen) atoms. The summed E-state index contributed by atoms with van der Waals surface area (Å²) >= 11 is 12.8. The van der Waals surface area contributed by atoms with Crippen LogP contribution in [0.15, 0.2) is 18.2 Å². The standard InChI is InChI=1S/C19H18ClN3O2S2/c1-10-3-5-12-14(9-21)18(27-16(12)7-10)23-19(26)22-17(24)13-8-11(20)4-6-15(13)25-2/h4,6,8,10H,3,5,7H2,1-2H3,(H2,22,23,24,26)/t10-/m1/s1. The molecule has 8 heteroatoms. The van der Waals surface area contributed by atoms with Gasteiger partial charge in [0.25, 0.3) is 5.91 Å². The van der Waals surface area contributed by atoms with Crippen molar-refractivity contribution in [2.45, 2.75) is 26.2 Å². The van der Waals surface area contributed by atoms with Gasteiger partial charge in [-0.25, -0.2) is 0 Å². The number of methoxy groups -OCH3 is 1. The molecule has 0 radical (unpaired) electrons. The number of nitrogens with zero attached hydrogens (tertiary/aromatic N) is 1. The second-order valence-corrected chi connectivity index (χ2v) is 8.37. The highest BCUT2D eigenvalue weighted by Gasteiger charge is 2.24. The van der Waals surface area contributed by atoms with Gasteiger partial charge in [0.05, 0.1) is 18.2 Å². The van der Waals surface area contributed by atoms with Crippen molar-refractivity contribution in [2.24, 2.45) is 5.92 Å². The largest absolute Gasteiger partial charge is 0.496 e. The summed E-state index contributed by atoms with van der Waals surface area (Å²) < 4.78 is 5.20. The van der Waals surface area contributed by atoms with E-state index in [1.54, 1.807) is 12.1 Å². The molecule has 1 heterocycles. The number of thiocarbonyl (C=S) groups is 1. The number of rotatable bonds is 3. The number of nitriles is 1. The molecule has 140 valence electrons. The third kappa shape index (κ3) is 4.24. The second-order valence-electron chi connectivity index (χ2n) is 6.42. The summed E-state index contributed by atoms with van der Waals surface area (Å²) in [6, 6.07) is 7.05. The number of hydrogen-bond acceptors (Lipinski definition) is 5. The van der Waals surface area contributed by atoms with Crippen LogP contribution in [-0.4, -0.2) is 18.1 Å². The number of thiophene rings is 1. The Hall–Kier alpha value is -2.14. The molecule has 0 saturated heterocycles. The second kappa shape index (κ2) is 8.26. The van der Waals surface area contributed by atoms with Crippen molar-refractivity contribution >= 4 is 51.2 Å². The van der Waals surface area contributed by atoms with E-state index in [9.17, 15) is 10.1 Å². The molecular formula is C19H18ClN3O2S2. The van der Waals surface area contributed by atoms with Gasteiger partial charge >= 0.3 is 0 Å². The molecule has 0 aliphatic heterocycles. The van der Waals surface area contributed by atoms with Crippen LogP contribution in [0.1, 0.15) is 39.7 Å². The summed E-state index contributed by atoms with van der Waals surface area (Å²) in [4.78, 5) is 13.8. The maximum absolute atomic E-state index is 12.5. The summed E-state index contributed by atoms with van der Waals surface area (Å²) in [6.45, 7) is 2.21. The van der Waals surface area contributed by atoms with E-state index in [0.29, 0.717) is 27.3 Å². The lowest BCUT2D eigenvalue weighted by Crippen LogP contribution is -2.34. The lowest BCUT2D eigenvalue weighted by Gasteiger charge is -2.17. The van der Waals surface area contributed by atoms with Crippen molar-refractivity contribution in [3.05, 3.63) is 44.8 Å². The van der Waals surface area contributed by atoms with E-state index >= 15 is 0 Å². The van der Waals surface area contributed by atoms with Crippen molar-refractivity contribution in [1.29, 1.82) is 5.26 Å². The van der Waals surface area contributed by atoms with Crippen LogP contribution in [0.5, 0.6) is 5.75 Å². The zero-order chi connectivity index (χ0) is 19.6. The van der Waals surface area contributed by atoms with Crippen molar-refractivity contribution in [3.63, 3.8) is 0 Å². The van der Waals surface area contributed by atoms with E-state index in [1.807, 2.05) is 0 Å². The first-order valence-electron chi connectivity index (χ1n) is 8.43. The third-order valence-electron chi connectivity index (χ3n) is 4.48. The molecule has 0 saturated carbocycles. The molecule has 0 bridgehead atoms. The van der Waals surface area contributed by atoms with E-state index < -0.39 is 5.91 Å². The fourth-order valence-corrected chi connectivity index (χ4v) is 4.92. The van der Waals surface area contributed by atoms with E-state index in [1.165, 1.54) is 29.4 Å². The Balaban J connectivity index is 1.76. The van der Waals surface area contributed by atoms with Gasteiger partial charge in [0, 0.05) is 9.90 Å². The lowest BCUT2D eigenvalue weighted by atomic mass is 9.89. The van der Waals surface area contributed by atoms with Crippen LogP contribution < -0.4 is 15.4 Å². The van der Waals surface area contributed by atoms with Gasteiger partial charge in [0.1, 0.15) is 16.8 Å². The topological polar surface area (TPSA) is 74.2 Å². The highest BCUT2D eigenvalue weighted by Crippen LogP contribution is 2.39. The Morgan fingerprint density at radius 3 is 2.96 bits per heavy atom. The highest BCUT2D eigenvalue weighted by molar-refractivity contribution is 7.80. The number of carbonyl (C=O) groups excluding carboxylic acids is 1. The molecular weight excluding hydrogens is 402 g/mol. The molecule has 2 N–H and O–H groups in total. The molecule has 0 spiro atoms. The molecule has 3 rings (SSSR count). The lowest BCUT2D eigenvalue weighted by molar-refractivity contribution is 0.0975. The summed E-state index contributed by atoms with van der Waals surface area (Å²) in [5, 5.41) is 16.4. The van der Waals surface area contributed by atoms with Crippen LogP contribution in [-0.2, 0) is 12.8 Å². The number of ether oxygens (including phenoxy) is 1. The summed E-state index contributed by atoms with van der Waals surface area (Å²) in [5.74, 6) is 0.579. The Morgan fingerprint density at radius 2 is 2.26 bits per heavy atom. The molecule has 1 aliphatic rings. The van der Waals surface area contributed by atoms with E-state index in [0.717, 1.165) is 24.8 Å². The summed E-state index contributed by atoms with van der Waals surface area (Å²) in [6.07, 6.45) is 2.94. The fraction of sp³-hybridized carbons (Fsp3) is 0.316. The first kappa shape index (κ1) is 19.6. The van der Waals surface area contributed by atoms with Gasteiger partial charge < -0.3 is 10.1 Å². The number of benzene rings is 1. The van der Waals surface area contributed by atoms with Crippen molar-refractivity contribution in [3.8, 4) is 11.8 Å². The monoisotopic (exact) mass is 419 g/mol. The van der Waals surface area contributed by atoms with Gasteiger partial charge in [-0.2, -0.15) is 5.26 Å². The Morgan fingerprint density at radius 1 is 1.48 bits per heavy atom. The van der Waals surface area contributed by atoms with Crippen LogP contribution in [0.3, 0.4) is 0 Å². The van der Waals surface area contributed by atoms with Crippen molar-refractivity contribution < 1.29 is 9.53 Å². The third-order valence-corrected chi connectivity index (χ3v) is 6.09. The van der Waals surface area contributed by atoms with E-state index in [4.69, 9.17) is 28.6 Å². The van der Waals surface area contributed by atoms with Gasteiger partial charge in [-0.05, 0) is 61.2 Å². The average Bonchev–Trinajstić information content (AvgIpc) is 2.97. The van der Waals surface area contributed by atoms with Gasteiger partial charge in [-0.3, -0.25) is 10.1 Å². The van der Waals surface area contributed by atoms with Crippen molar-refractivity contribution in [1.82, 2.24) is 5.32 Å². The molecule has 1 amide bonds. The smallest absolute Gasteiger partial charge is 0.261 e. The van der Waals surface area contributed by atoms with Crippen LogP contribution in [0.4, 0.5) is 5.00 Å². The molecule has 1 aliphatic carbocycles. The first-order chi connectivity index (χ1) is 12.9. The van der Waals surface area contributed by atoms with E-state index in [-0.39, 0.29) is 10.7 Å². The number of carbonyl (C=O) groups is 1. The number of nitrogens with one attached hydrogen (secondary N) is 2. The van der Waals surface area contributed by atoms with Gasteiger partial charge in [-0.15, -0.1) is 11.3 Å². The number of anilines is 1. The molecule has 2 aromatic rings. The average molecular weight is 420 g/mol. The number of halogens is 1. The number of fused-ring (bicyclic) bond motifs is 1. The molecule has 0 unspecified atom stereocenters. The molecule has 1 atom stereocenters. The van der Waals surface area contributed by atoms with Gasteiger partial charge in [0.15, 0.2) is 5.11 Å². The SMILES string of the molecule is COc1ccc(Cl)cc1C(=O)NC(=S)Nc1sc2c(c1C#N)CC[C@@H](C)C2. The van der Waals surface area contributed by atoms with Gasteiger partial charge in [0.2, 0.25) is 0 Å².